The Labute approximate surface area is 332 Å². The number of carbonyl (C=O) groups excluding carboxylic acids is 6. The fraction of sp³-hybridized carbons (Fsp3) is 0.564. The van der Waals surface area contributed by atoms with Gasteiger partial charge >= 0.3 is 11.9 Å². The SMILES string of the molecule is CC[C@H](C)[C@H](NC(=O)[C@H](CC(=O)O)NC(=O)[C@H](CC(C)C)NC(=O)[C@@H](Cc1ccccc1)NC(C)=O)C(=O)N[C@H](C(=O)NC(Cc1cnc[nH]1)C(=O)O)[C@@H](C)CC. The standard InChI is InChI=1S/C39H58N8O10/c1-8-22(5)32(37(54)45-30(39(56)57)17-26-19-40-20-41-26)47-38(55)33(23(6)9-2)46-36(53)29(18-31(49)50)44-34(51)27(15-21(3)4)43-35(52)28(42-24(7)48)16-25-13-11-10-12-14-25/h10-14,19-23,27-30,32-33H,8-9,15-18H2,1-7H3,(H,40,41)(H,42,48)(H,43,52)(H,44,51)(H,45,54)(H,46,53)(H,47,55)(H,49,50)(H,56,57)/t22-,23-,27-,28+,29-,30?,32-,33-/m0/s1. The van der Waals surface area contributed by atoms with E-state index in [-0.39, 0.29) is 25.2 Å². The Morgan fingerprint density at radius 1 is 0.649 bits per heavy atom. The second-order valence-corrected chi connectivity index (χ2v) is 14.7. The molecule has 1 heterocycles. The highest BCUT2D eigenvalue weighted by Gasteiger charge is 2.37. The molecule has 0 bridgehead atoms. The number of amides is 6. The molecule has 18 heteroatoms. The maximum atomic E-state index is 13.9. The van der Waals surface area contributed by atoms with Gasteiger partial charge in [0.2, 0.25) is 35.4 Å². The number of nitrogens with zero attached hydrogens (tertiary/aromatic N) is 1. The number of aliphatic carboxylic acids is 2. The van der Waals surface area contributed by atoms with Crippen molar-refractivity contribution in [1.29, 1.82) is 0 Å². The smallest absolute Gasteiger partial charge is 0.326 e. The van der Waals surface area contributed by atoms with Crippen molar-refractivity contribution in [2.24, 2.45) is 17.8 Å². The fourth-order valence-corrected chi connectivity index (χ4v) is 5.91. The van der Waals surface area contributed by atoms with Crippen LogP contribution in [0.2, 0.25) is 0 Å². The molecule has 0 spiro atoms. The normalized spacial score (nSPS) is 15.3. The van der Waals surface area contributed by atoms with Gasteiger partial charge in [0.05, 0.1) is 12.7 Å². The molecule has 57 heavy (non-hydrogen) atoms. The van der Waals surface area contributed by atoms with Crippen molar-refractivity contribution in [2.75, 3.05) is 0 Å². The lowest BCUT2D eigenvalue weighted by molar-refractivity contribution is -0.142. The number of rotatable bonds is 24. The van der Waals surface area contributed by atoms with Gasteiger partial charge in [-0.1, -0.05) is 84.7 Å². The number of hydrogen-bond donors (Lipinski definition) is 9. The average molecular weight is 799 g/mol. The second-order valence-electron chi connectivity index (χ2n) is 14.7. The van der Waals surface area contributed by atoms with Crippen LogP contribution in [0.5, 0.6) is 0 Å². The van der Waals surface area contributed by atoms with Crippen LogP contribution < -0.4 is 31.9 Å². The molecule has 1 aromatic carbocycles. The monoisotopic (exact) mass is 798 g/mol. The Bertz CT molecular complexity index is 1670. The highest BCUT2D eigenvalue weighted by Crippen LogP contribution is 2.14. The fourth-order valence-electron chi connectivity index (χ4n) is 5.91. The van der Waals surface area contributed by atoms with Crippen molar-refractivity contribution in [3.8, 4) is 0 Å². The molecule has 0 aliphatic carbocycles. The zero-order chi connectivity index (χ0) is 42.8. The first-order chi connectivity index (χ1) is 26.9. The molecule has 9 N–H and O–H groups in total. The molecule has 0 saturated carbocycles. The van der Waals surface area contributed by atoms with Gasteiger partial charge in [-0.2, -0.15) is 0 Å². The Kier molecular flexibility index (Phi) is 19.4. The summed E-state index contributed by atoms with van der Waals surface area (Å²) in [6, 6.07) is 1.06. The van der Waals surface area contributed by atoms with Gasteiger partial charge in [0.1, 0.15) is 36.3 Å². The molecule has 2 aromatic rings. The molecule has 0 aliphatic rings. The second kappa shape index (κ2) is 23.3. The van der Waals surface area contributed by atoms with Gasteiger partial charge in [0.25, 0.3) is 0 Å². The summed E-state index contributed by atoms with van der Waals surface area (Å²) >= 11 is 0. The highest BCUT2D eigenvalue weighted by atomic mass is 16.4. The molecule has 0 saturated heterocycles. The van der Waals surface area contributed by atoms with E-state index in [1.807, 2.05) is 0 Å². The van der Waals surface area contributed by atoms with E-state index in [0.717, 1.165) is 5.56 Å². The molecule has 2 rings (SSSR count). The molecule has 0 fully saturated rings. The summed E-state index contributed by atoms with van der Waals surface area (Å²) in [5.41, 5.74) is 1.21. The van der Waals surface area contributed by atoms with E-state index in [1.165, 1.54) is 19.4 Å². The molecule has 0 radical (unpaired) electrons. The van der Waals surface area contributed by atoms with Crippen LogP contribution in [0.25, 0.3) is 0 Å². The van der Waals surface area contributed by atoms with Crippen LogP contribution in [0.1, 0.15) is 85.4 Å². The first-order valence-electron chi connectivity index (χ1n) is 19.1. The van der Waals surface area contributed by atoms with Crippen LogP contribution >= 0.6 is 0 Å². The van der Waals surface area contributed by atoms with Crippen molar-refractivity contribution in [3.05, 3.63) is 54.1 Å². The summed E-state index contributed by atoms with van der Waals surface area (Å²) in [5.74, 6) is -8.47. The van der Waals surface area contributed by atoms with Gasteiger partial charge in [-0.25, -0.2) is 9.78 Å². The van der Waals surface area contributed by atoms with Crippen LogP contribution in [-0.4, -0.2) is 104 Å². The predicted molar refractivity (Wildman–Crippen MR) is 208 cm³/mol. The van der Waals surface area contributed by atoms with Crippen LogP contribution in [0.3, 0.4) is 0 Å². The van der Waals surface area contributed by atoms with E-state index in [4.69, 9.17) is 0 Å². The maximum absolute atomic E-state index is 13.9. The highest BCUT2D eigenvalue weighted by molar-refractivity contribution is 5.98. The number of H-pyrrole nitrogens is 1. The first kappa shape index (κ1) is 47.3. The van der Waals surface area contributed by atoms with Crippen molar-refractivity contribution in [1.82, 2.24) is 41.9 Å². The molecule has 6 amide bonds. The summed E-state index contributed by atoms with van der Waals surface area (Å²) in [7, 11) is 0. The molecule has 8 atom stereocenters. The van der Waals surface area contributed by atoms with Crippen LogP contribution in [0.15, 0.2) is 42.9 Å². The topological polar surface area (TPSA) is 278 Å². The van der Waals surface area contributed by atoms with Crippen molar-refractivity contribution in [3.63, 3.8) is 0 Å². The van der Waals surface area contributed by atoms with Gasteiger partial charge in [-0.05, 0) is 29.7 Å². The number of aromatic nitrogens is 2. The molecule has 314 valence electrons. The zero-order valence-corrected chi connectivity index (χ0v) is 33.6. The Hall–Kier alpha value is -5.81. The Balaban J connectivity index is 2.31. The Morgan fingerprint density at radius 2 is 1.16 bits per heavy atom. The number of carboxylic acid groups (broad SMARTS) is 2. The summed E-state index contributed by atoms with van der Waals surface area (Å²) < 4.78 is 0. The van der Waals surface area contributed by atoms with Gasteiger partial charge in [0, 0.05) is 31.7 Å². The summed E-state index contributed by atoms with van der Waals surface area (Å²) in [5, 5.41) is 34.9. The lowest BCUT2D eigenvalue weighted by Crippen LogP contribution is -2.61. The van der Waals surface area contributed by atoms with Crippen LogP contribution in [-0.2, 0) is 51.2 Å². The van der Waals surface area contributed by atoms with Crippen LogP contribution in [0.4, 0.5) is 0 Å². The van der Waals surface area contributed by atoms with Crippen molar-refractivity contribution >= 4 is 47.4 Å². The third-order valence-electron chi connectivity index (χ3n) is 9.51. The van der Waals surface area contributed by atoms with Crippen LogP contribution in [0, 0.1) is 17.8 Å². The van der Waals surface area contributed by atoms with Gasteiger partial charge in [-0.15, -0.1) is 0 Å². The summed E-state index contributed by atoms with van der Waals surface area (Å²) in [6.45, 7) is 11.7. The number of hydrogen-bond acceptors (Lipinski definition) is 9. The quantitative estimate of drug-likeness (QED) is 0.0717. The molecule has 1 unspecified atom stereocenters. The van der Waals surface area contributed by atoms with E-state index in [9.17, 15) is 48.6 Å². The number of benzene rings is 1. The minimum atomic E-state index is -1.69. The molecular formula is C39H58N8O10. The number of aromatic amines is 1. The van der Waals surface area contributed by atoms with Gasteiger partial charge < -0.3 is 47.1 Å². The van der Waals surface area contributed by atoms with Gasteiger partial charge in [0.15, 0.2) is 0 Å². The van der Waals surface area contributed by atoms with E-state index >= 15 is 0 Å². The van der Waals surface area contributed by atoms with E-state index in [0.29, 0.717) is 18.5 Å². The number of carboxylic acids is 2. The molecule has 18 nitrogen and oxygen atoms in total. The molecule has 0 aliphatic heterocycles. The maximum Gasteiger partial charge on any atom is 0.326 e. The number of imidazole rings is 1. The first-order valence-corrected chi connectivity index (χ1v) is 19.1. The number of carbonyl (C=O) groups is 8. The van der Waals surface area contributed by atoms with E-state index in [1.54, 1.807) is 71.9 Å². The summed E-state index contributed by atoms with van der Waals surface area (Å²) in [6.07, 6.45) is 2.81. The van der Waals surface area contributed by atoms with E-state index < -0.39 is 102 Å². The van der Waals surface area contributed by atoms with Crippen molar-refractivity contribution < 1.29 is 48.6 Å². The third kappa shape index (κ3) is 16.1. The minimum Gasteiger partial charge on any atom is -0.481 e. The lowest BCUT2D eigenvalue weighted by Gasteiger charge is -2.30. The van der Waals surface area contributed by atoms with E-state index in [2.05, 4.69) is 41.9 Å². The summed E-state index contributed by atoms with van der Waals surface area (Å²) in [4.78, 5) is 111. The lowest BCUT2D eigenvalue weighted by atomic mass is 9.94. The Morgan fingerprint density at radius 3 is 1.65 bits per heavy atom. The predicted octanol–water partition coefficient (Wildman–Crippen LogP) is 0.821. The largest absolute Gasteiger partial charge is 0.481 e. The van der Waals surface area contributed by atoms with Gasteiger partial charge in [-0.3, -0.25) is 33.6 Å². The zero-order valence-electron chi connectivity index (χ0n) is 33.6. The van der Waals surface area contributed by atoms with Crippen molar-refractivity contribution in [2.45, 2.75) is 123 Å². The minimum absolute atomic E-state index is 0.0959. The number of nitrogens with one attached hydrogen (secondary N) is 7. The molecular weight excluding hydrogens is 740 g/mol. The molecule has 1 aromatic heterocycles. The average Bonchev–Trinajstić information content (AvgIpc) is 3.67. The third-order valence-corrected chi connectivity index (χ3v) is 9.51.